The highest BCUT2D eigenvalue weighted by atomic mass is 16.5. The van der Waals surface area contributed by atoms with Gasteiger partial charge in [-0.05, 0) is 13.0 Å². The van der Waals surface area contributed by atoms with E-state index in [0.29, 0.717) is 13.2 Å². The van der Waals surface area contributed by atoms with Crippen LogP contribution in [0.5, 0.6) is 0 Å². The van der Waals surface area contributed by atoms with Crippen LogP contribution in [-0.4, -0.2) is 77.9 Å². The predicted molar refractivity (Wildman–Crippen MR) is 59.5 cm³/mol. The van der Waals surface area contributed by atoms with E-state index in [2.05, 4.69) is 5.32 Å². The molecular formula is C10H21NO6. The number of carbonyl (C=O) groups is 1. The van der Waals surface area contributed by atoms with Crippen LogP contribution in [-0.2, 0) is 9.53 Å². The summed E-state index contributed by atoms with van der Waals surface area (Å²) in [6.07, 6.45) is -5.38. The van der Waals surface area contributed by atoms with E-state index in [-0.39, 0.29) is 12.8 Å². The van der Waals surface area contributed by atoms with Crippen molar-refractivity contribution >= 4 is 6.29 Å². The summed E-state index contributed by atoms with van der Waals surface area (Å²) in [5.74, 6) is 0. The topological polar surface area (TPSA) is 119 Å². The van der Waals surface area contributed by atoms with E-state index in [4.69, 9.17) is 9.84 Å². The first kappa shape index (κ1) is 16.4. The average Bonchev–Trinajstić information content (AvgIpc) is 2.35. The summed E-state index contributed by atoms with van der Waals surface area (Å²) in [5, 5.41) is 39.9. The van der Waals surface area contributed by atoms with Gasteiger partial charge < -0.3 is 35.3 Å². The van der Waals surface area contributed by atoms with Crippen LogP contribution in [0.4, 0.5) is 0 Å². The quantitative estimate of drug-likeness (QED) is 0.211. The van der Waals surface area contributed by atoms with E-state index >= 15 is 0 Å². The molecule has 0 aromatic heterocycles. The lowest BCUT2D eigenvalue weighted by Gasteiger charge is -2.24. The standard InChI is InChI=1S/C10H21NO6/c1-17-4-2-3-11-5-7(13)9(15)10(16)8(14)6-12/h6-11,13-16H,2-5H2,1H3/t7-,8+,9-,10-/m1/s1. The van der Waals surface area contributed by atoms with Crippen LogP contribution in [0, 0.1) is 0 Å². The average molecular weight is 251 g/mol. The molecule has 0 aliphatic heterocycles. The molecule has 7 heteroatoms. The third-order valence-corrected chi connectivity index (χ3v) is 2.29. The highest BCUT2D eigenvalue weighted by Gasteiger charge is 2.29. The monoisotopic (exact) mass is 251 g/mol. The van der Waals surface area contributed by atoms with E-state index in [1.54, 1.807) is 7.11 Å². The second kappa shape index (κ2) is 9.46. The van der Waals surface area contributed by atoms with Crippen LogP contribution in [0.1, 0.15) is 6.42 Å². The lowest BCUT2D eigenvalue weighted by Crippen LogP contribution is -2.48. The van der Waals surface area contributed by atoms with E-state index in [1.807, 2.05) is 0 Å². The third kappa shape index (κ3) is 6.67. The third-order valence-electron chi connectivity index (χ3n) is 2.29. The number of aliphatic hydroxyl groups excluding tert-OH is 4. The van der Waals surface area contributed by atoms with Crippen molar-refractivity contribution in [3.63, 3.8) is 0 Å². The van der Waals surface area contributed by atoms with Gasteiger partial charge in [-0.25, -0.2) is 0 Å². The van der Waals surface area contributed by atoms with E-state index < -0.39 is 24.4 Å². The smallest absolute Gasteiger partial charge is 0.151 e. The summed E-state index contributed by atoms with van der Waals surface area (Å²) >= 11 is 0. The first-order chi connectivity index (χ1) is 8.04. The number of hydrogen-bond donors (Lipinski definition) is 5. The molecule has 0 saturated carbocycles. The van der Waals surface area contributed by atoms with Gasteiger partial charge in [0, 0.05) is 20.3 Å². The normalized spacial score (nSPS) is 18.4. The van der Waals surface area contributed by atoms with Gasteiger partial charge >= 0.3 is 0 Å². The Morgan fingerprint density at radius 2 is 1.88 bits per heavy atom. The molecule has 102 valence electrons. The minimum absolute atomic E-state index is 0.0491. The molecule has 17 heavy (non-hydrogen) atoms. The molecular weight excluding hydrogens is 230 g/mol. The molecule has 0 fully saturated rings. The van der Waals surface area contributed by atoms with Gasteiger partial charge in [-0.3, -0.25) is 0 Å². The maximum Gasteiger partial charge on any atom is 0.151 e. The number of aliphatic hydroxyl groups is 4. The molecule has 4 atom stereocenters. The summed E-state index contributed by atoms with van der Waals surface area (Å²) in [4.78, 5) is 10.2. The van der Waals surface area contributed by atoms with Crippen LogP contribution in [0.2, 0.25) is 0 Å². The largest absolute Gasteiger partial charge is 0.389 e. The van der Waals surface area contributed by atoms with Crippen molar-refractivity contribution in [1.29, 1.82) is 0 Å². The van der Waals surface area contributed by atoms with Crippen molar-refractivity contribution in [2.45, 2.75) is 30.8 Å². The Bertz CT molecular complexity index is 203. The molecule has 0 amide bonds. The lowest BCUT2D eigenvalue weighted by molar-refractivity contribution is -0.133. The molecule has 0 rings (SSSR count). The number of nitrogens with one attached hydrogen (secondary N) is 1. The Balaban J connectivity index is 3.80. The van der Waals surface area contributed by atoms with Gasteiger partial charge in [-0.2, -0.15) is 0 Å². The highest BCUT2D eigenvalue weighted by molar-refractivity contribution is 5.56. The predicted octanol–water partition coefficient (Wildman–Crippen LogP) is -2.74. The lowest BCUT2D eigenvalue weighted by atomic mass is 10.0. The molecule has 7 nitrogen and oxygen atoms in total. The molecule has 0 aromatic carbocycles. The summed E-state index contributed by atoms with van der Waals surface area (Å²) in [6.45, 7) is 1.22. The van der Waals surface area contributed by atoms with Crippen LogP contribution < -0.4 is 5.32 Å². The number of ether oxygens (including phenoxy) is 1. The zero-order valence-corrected chi connectivity index (χ0v) is 9.82. The number of carbonyl (C=O) groups excluding carboxylic acids is 1. The van der Waals surface area contributed by atoms with Crippen molar-refractivity contribution in [1.82, 2.24) is 5.32 Å². The van der Waals surface area contributed by atoms with Crippen LogP contribution >= 0.6 is 0 Å². The first-order valence-electron chi connectivity index (χ1n) is 5.41. The van der Waals surface area contributed by atoms with Crippen molar-refractivity contribution < 1.29 is 30.0 Å². The SMILES string of the molecule is COCCCNC[C@@H](O)[C@@H](O)[C@H](O)[C@@H](O)C=O. The second-order valence-corrected chi connectivity index (χ2v) is 3.73. The van der Waals surface area contributed by atoms with Crippen LogP contribution in [0.15, 0.2) is 0 Å². The summed E-state index contributed by atoms with van der Waals surface area (Å²) in [7, 11) is 1.58. The Kier molecular flexibility index (Phi) is 9.14. The van der Waals surface area contributed by atoms with Gasteiger partial charge in [0.1, 0.15) is 18.3 Å². The van der Waals surface area contributed by atoms with Crippen molar-refractivity contribution in [3.8, 4) is 0 Å². The Morgan fingerprint density at radius 1 is 1.24 bits per heavy atom. The minimum atomic E-state index is -1.70. The van der Waals surface area contributed by atoms with Gasteiger partial charge in [-0.1, -0.05) is 0 Å². The fourth-order valence-corrected chi connectivity index (χ4v) is 1.22. The van der Waals surface area contributed by atoms with Gasteiger partial charge in [0.05, 0.1) is 6.10 Å². The second-order valence-electron chi connectivity index (χ2n) is 3.73. The van der Waals surface area contributed by atoms with Crippen molar-refractivity contribution in [2.24, 2.45) is 0 Å². The number of rotatable bonds is 10. The van der Waals surface area contributed by atoms with Gasteiger partial charge in [0.2, 0.25) is 0 Å². The molecule has 0 unspecified atom stereocenters. The van der Waals surface area contributed by atoms with E-state index in [0.717, 1.165) is 6.42 Å². The molecule has 0 saturated heterocycles. The molecule has 0 radical (unpaired) electrons. The van der Waals surface area contributed by atoms with Crippen LogP contribution in [0.3, 0.4) is 0 Å². The first-order valence-corrected chi connectivity index (χ1v) is 5.41. The van der Waals surface area contributed by atoms with Gasteiger partial charge in [-0.15, -0.1) is 0 Å². The molecule has 0 spiro atoms. The molecule has 0 heterocycles. The molecule has 0 aliphatic carbocycles. The Morgan fingerprint density at radius 3 is 2.41 bits per heavy atom. The van der Waals surface area contributed by atoms with E-state index in [9.17, 15) is 20.1 Å². The zero-order chi connectivity index (χ0) is 13.3. The van der Waals surface area contributed by atoms with Crippen molar-refractivity contribution in [2.75, 3.05) is 26.8 Å². The fourth-order valence-electron chi connectivity index (χ4n) is 1.22. The van der Waals surface area contributed by atoms with Crippen LogP contribution in [0.25, 0.3) is 0 Å². The summed E-state index contributed by atoms with van der Waals surface area (Å²) < 4.78 is 4.82. The van der Waals surface area contributed by atoms with Crippen molar-refractivity contribution in [3.05, 3.63) is 0 Å². The Labute approximate surface area is 100 Å². The zero-order valence-electron chi connectivity index (χ0n) is 9.82. The maximum absolute atomic E-state index is 10.2. The van der Waals surface area contributed by atoms with Gasteiger partial charge in [0.15, 0.2) is 6.29 Å². The summed E-state index contributed by atoms with van der Waals surface area (Å²) in [5.41, 5.74) is 0. The molecule has 0 aliphatic rings. The van der Waals surface area contributed by atoms with Gasteiger partial charge in [0.25, 0.3) is 0 Å². The molecule has 5 N–H and O–H groups in total. The summed E-state index contributed by atoms with van der Waals surface area (Å²) in [6, 6.07) is 0. The number of aldehydes is 1. The molecule has 0 aromatic rings. The maximum atomic E-state index is 10.2. The number of methoxy groups -OCH3 is 1. The van der Waals surface area contributed by atoms with E-state index in [1.165, 1.54) is 0 Å². The minimum Gasteiger partial charge on any atom is -0.389 e. The number of hydrogen-bond acceptors (Lipinski definition) is 7. The Hall–Kier alpha value is -0.570. The highest BCUT2D eigenvalue weighted by Crippen LogP contribution is 2.03. The fraction of sp³-hybridized carbons (Fsp3) is 0.900. The molecule has 0 bridgehead atoms.